The van der Waals surface area contributed by atoms with E-state index in [1.54, 1.807) is 30.3 Å². The Morgan fingerprint density at radius 3 is 2.06 bits per heavy atom. The summed E-state index contributed by atoms with van der Waals surface area (Å²) in [5, 5.41) is 23.0. The number of aromatic nitrogens is 3. The molecule has 0 aliphatic carbocycles. The molecule has 6 rings (SSSR count). The number of aromatic hydroxyl groups is 2. The van der Waals surface area contributed by atoms with Crippen molar-refractivity contribution in [3.05, 3.63) is 76.9 Å². The number of hydrogen-bond acceptors (Lipinski definition) is 11. The van der Waals surface area contributed by atoms with E-state index in [4.69, 9.17) is 20.9 Å². The summed E-state index contributed by atoms with van der Waals surface area (Å²) < 4.78 is 12.0. The van der Waals surface area contributed by atoms with Crippen LogP contribution in [0, 0.1) is 0 Å². The molecule has 0 fully saturated rings. The van der Waals surface area contributed by atoms with Gasteiger partial charge >= 0.3 is 5.97 Å². The first-order valence-electron chi connectivity index (χ1n) is 10.1. The van der Waals surface area contributed by atoms with Gasteiger partial charge in [0.2, 0.25) is 17.8 Å². The number of nitrogens with two attached hydrogens (primary N) is 2. The van der Waals surface area contributed by atoms with E-state index in [1.165, 1.54) is 24.3 Å². The molecule has 0 bridgehead atoms. The largest absolute Gasteiger partial charge is 0.508 e. The molecule has 11 heteroatoms. The van der Waals surface area contributed by atoms with E-state index in [1.807, 2.05) is 0 Å². The maximum Gasteiger partial charge on any atom is 0.342 e. The van der Waals surface area contributed by atoms with Crippen LogP contribution in [0.5, 0.6) is 23.0 Å². The summed E-state index contributed by atoms with van der Waals surface area (Å²) in [6.07, 6.45) is 0. The normalized spacial score (nSPS) is 14.5. The smallest absolute Gasteiger partial charge is 0.342 e. The Balaban J connectivity index is 1.59. The molecule has 1 aromatic heterocycles. The van der Waals surface area contributed by atoms with E-state index in [0.717, 1.165) is 0 Å². The van der Waals surface area contributed by atoms with Gasteiger partial charge in [-0.1, -0.05) is 12.1 Å². The Kier molecular flexibility index (Phi) is 3.88. The molecule has 0 saturated carbocycles. The lowest BCUT2D eigenvalue weighted by molar-refractivity contribution is 0.0224. The highest BCUT2D eigenvalue weighted by atomic mass is 16.6. The zero-order chi connectivity index (χ0) is 23.6. The summed E-state index contributed by atoms with van der Waals surface area (Å²) in [6, 6.07) is 14.3. The highest BCUT2D eigenvalue weighted by Crippen LogP contribution is 2.57. The zero-order valence-electron chi connectivity index (χ0n) is 17.3. The second-order valence-electron chi connectivity index (χ2n) is 7.76. The van der Waals surface area contributed by atoms with Crippen molar-refractivity contribution < 1.29 is 24.5 Å². The van der Waals surface area contributed by atoms with E-state index < -0.39 is 11.6 Å². The molecule has 0 atom stereocenters. The summed E-state index contributed by atoms with van der Waals surface area (Å²) in [5.74, 6) is -0.167. The van der Waals surface area contributed by atoms with Crippen LogP contribution in [0.3, 0.4) is 0 Å². The molecule has 2 aliphatic heterocycles. The van der Waals surface area contributed by atoms with Gasteiger partial charge < -0.3 is 36.5 Å². The number of phenols is 2. The summed E-state index contributed by atoms with van der Waals surface area (Å²) >= 11 is 0. The fourth-order valence-corrected chi connectivity index (χ4v) is 4.44. The fraction of sp³-hybridized carbons (Fsp3) is 0.0435. The maximum atomic E-state index is 13.3. The lowest BCUT2D eigenvalue weighted by Crippen LogP contribution is -2.32. The molecule has 7 N–H and O–H groups in total. The van der Waals surface area contributed by atoms with Crippen LogP contribution in [0.1, 0.15) is 27.0 Å². The number of fused-ring (bicyclic) bond motifs is 6. The molecular formula is C23H16N6O5. The molecule has 3 aromatic carbocycles. The van der Waals surface area contributed by atoms with Crippen molar-refractivity contribution >= 4 is 29.5 Å². The van der Waals surface area contributed by atoms with E-state index in [9.17, 15) is 15.0 Å². The van der Waals surface area contributed by atoms with Gasteiger partial charge in [0.25, 0.3) is 0 Å². The Hall–Kier alpha value is -5.06. The average molecular weight is 456 g/mol. The molecule has 168 valence electrons. The van der Waals surface area contributed by atoms with Gasteiger partial charge in [-0.3, -0.25) is 0 Å². The van der Waals surface area contributed by atoms with Gasteiger partial charge in [0.1, 0.15) is 23.0 Å². The van der Waals surface area contributed by atoms with Crippen molar-refractivity contribution in [2.45, 2.75) is 5.60 Å². The number of anilines is 4. The summed E-state index contributed by atoms with van der Waals surface area (Å²) in [6.45, 7) is 0. The molecule has 3 heterocycles. The summed E-state index contributed by atoms with van der Waals surface area (Å²) in [4.78, 5) is 25.1. The van der Waals surface area contributed by atoms with Crippen LogP contribution in [0.4, 0.5) is 23.5 Å². The monoisotopic (exact) mass is 456 g/mol. The molecule has 34 heavy (non-hydrogen) atoms. The molecule has 2 aliphatic rings. The number of nitrogens with zero attached hydrogens (tertiary/aromatic N) is 3. The van der Waals surface area contributed by atoms with Crippen LogP contribution in [-0.4, -0.2) is 31.1 Å². The van der Waals surface area contributed by atoms with Crippen LogP contribution in [0.25, 0.3) is 0 Å². The predicted molar refractivity (Wildman–Crippen MR) is 120 cm³/mol. The number of nitrogen functional groups attached to an aromatic ring is 2. The SMILES string of the molecule is Nc1nc(N)nc(Nc2cccc3c2C(=O)OC32c3ccc(O)cc3Oc3cc(O)ccc32)n1. The predicted octanol–water partition coefficient (Wildman–Crippen LogP) is 2.76. The van der Waals surface area contributed by atoms with E-state index in [2.05, 4.69) is 20.3 Å². The minimum atomic E-state index is -1.38. The van der Waals surface area contributed by atoms with Crippen molar-refractivity contribution in [3.8, 4) is 23.0 Å². The van der Waals surface area contributed by atoms with Gasteiger partial charge in [-0.15, -0.1) is 0 Å². The van der Waals surface area contributed by atoms with Crippen LogP contribution >= 0.6 is 0 Å². The topological polar surface area (TPSA) is 179 Å². The Morgan fingerprint density at radius 2 is 1.44 bits per heavy atom. The van der Waals surface area contributed by atoms with Gasteiger partial charge in [0.15, 0.2) is 5.60 Å². The lowest BCUT2D eigenvalue weighted by Gasteiger charge is -2.36. The van der Waals surface area contributed by atoms with Crippen molar-refractivity contribution in [1.29, 1.82) is 0 Å². The third-order valence-corrected chi connectivity index (χ3v) is 5.72. The first kappa shape index (κ1) is 19.6. The van der Waals surface area contributed by atoms with E-state index in [0.29, 0.717) is 22.4 Å². The van der Waals surface area contributed by atoms with Gasteiger partial charge in [-0.05, 0) is 30.3 Å². The van der Waals surface area contributed by atoms with Gasteiger partial charge in [0, 0.05) is 28.8 Å². The number of benzene rings is 3. The highest BCUT2D eigenvalue weighted by molar-refractivity contribution is 6.02. The van der Waals surface area contributed by atoms with Crippen LogP contribution in [0.2, 0.25) is 0 Å². The number of hydrogen-bond donors (Lipinski definition) is 5. The minimum absolute atomic E-state index is 0.0255. The molecule has 0 radical (unpaired) electrons. The number of rotatable bonds is 2. The van der Waals surface area contributed by atoms with E-state index in [-0.39, 0.29) is 46.4 Å². The fourth-order valence-electron chi connectivity index (χ4n) is 4.44. The number of esters is 1. The van der Waals surface area contributed by atoms with Gasteiger partial charge in [-0.2, -0.15) is 15.0 Å². The second-order valence-corrected chi connectivity index (χ2v) is 7.76. The van der Waals surface area contributed by atoms with Crippen LogP contribution in [0.15, 0.2) is 54.6 Å². The molecule has 11 nitrogen and oxygen atoms in total. The molecule has 0 unspecified atom stereocenters. The quantitative estimate of drug-likeness (QED) is 0.280. The molecule has 4 aromatic rings. The van der Waals surface area contributed by atoms with E-state index >= 15 is 0 Å². The third kappa shape index (κ3) is 2.70. The van der Waals surface area contributed by atoms with Crippen molar-refractivity contribution in [1.82, 2.24) is 15.0 Å². The van der Waals surface area contributed by atoms with Gasteiger partial charge in [0.05, 0.1) is 11.3 Å². The van der Waals surface area contributed by atoms with Crippen molar-refractivity contribution in [2.75, 3.05) is 16.8 Å². The first-order chi connectivity index (χ1) is 16.3. The van der Waals surface area contributed by atoms with Crippen molar-refractivity contribution in [2.24, 2.45) is 0 Å². The average Bonchev–Trinajstić information content (AvgIpc) is 3.06. The molecule has 1 spiro atoms. The van der Waals surface area contributed by atoms with Crippen LogP contribution < -0.4 is 21.5 Å². The number of phenolic OH excluding ortho intramolecular Hbond substituents is 2. The molecule has 0 saturated heterocycles. The second kappa shape index (κ2) is 6.72. The summed E-state index contributed by atoms with van der Waals surface area (Å²) in [7, 11) is 0. The lowest BCUT2D eigenvalue weighted by atomic mass is 9.77. The highest BCUT2D eigenvalue weighted by Gasteiger charge is 2.54. The number of carbonyl (C=O) groups excluding carboxylic acids is 1. The molecular weight excluding hydrogens is 440 g/mol. The number of carbonyl (C=O) groups is 1. The number of ether oxygens (including phenoxy) is 2. The minimum Gasteiger partial charge on any atom is -0.508 e. The number of nitrogens with one attached hydrogen (secondary N) is 1. The standard InChI is InChI=1S/C23H16N6O5/c24-20-27-21(25)29-22(28-20)26-15-3-1-2-14-18(15)19(32)34-23(14)12-6-4-10(30)8-16(12)33-17-9-11(31)5-7-13(17)23/h1-9,30-31H,(H5,24,25,26,27,28,29). The molecule has 0 amide bonds. The Morgan fingerprint density at radius 1 is 0.824 bits per heavy atom. The summed E-state index contributed by atoms with van der Waals surface area (Å²) in [5.41, 5.74) is 12.1. The van der Waals surface area contributed by atoms with Gasteiger partial charge in [-0.25, -0.2) is 4.79 Å². The van der Waals surface area contributed by atoms with Crippen LogP contribution in [-0.2, 0) is 10.3 Å². The Bertz CT molecular complexity index is 1450. The maximum absolute atomic E-state index is 13.3. The first-order valence-corrected chi connectivity index (χ1v) is 10.1. The Labute approximate surface area is 191 Å². The zero-order valence-corrected chi connectivity index (χ0v) is 17.3. The third-order valence-electron chi connectivity index (χ3n) is 5.72. The van der Waals surface area contributed by atoms with Crippen molar-refractivity contribution in [3.63, 3.8) is 0 Å².